The molecule has 0 radical (unpaired) electrons. The number of hydrogen-bond acceptors (Lipinski definition) is 3. The van der Waals surface area contributed by atoms with Gasteiger partial charge in [0.1, 0.15) is 0 Å². The number of halogens is 1. The third-order valence-electron chi connectivity index (χ3n) is 5.39. The zero-order valence-corrected chi connectivity index (χ0v) is 19.1. The zero-order valence-electron chi connectivity index (χ0n) is 17.5. The number of sulfonamides is 1. The first-order chi connectivity index (χ1) is 15.4. The highest BCUT2D eigenvalue weighted by Crippen LogP contribution is 2.25. The van der Waals surface area contributed by atoms with E-state index in [1.165, 1.54) is 0 Å². The minimum absolute atomic E-state index is 0.0698. The van der Waals surface area contributed by atoms with Crippen molar-refractivity contribution in [2.24, 2.45) is 0 Å². The molecule has 1 atom stereocenters. The highest BCUT2D eigenvalue weighted by molar-refractivity contribution is 7.89. The SMILES string of the molecule is O=C(CCc1ccc(S(=O)(=O)NC2CC2)cc1)NC(c1ccccc1)c1cccc(Cl)c1. The summed E-state index contributed by atoms with van der Waals surface area (Å²) in [6.07, 6.45) is 2.59. The molecule has 3 aromatic carbocycles. The van der Waals surface area contributed by atoms with Crippen LogP contribution < -0.4 is 10.0 Å². The molecule has 0 bridgehead atoms. The van der Waals surface area contributed by atoms with Crippen LogP contribution in [-0.4, -0.2) is 20.4 Å². The van der Waals surface area contributed by atoms with Crippen molar-refractivity contribution in [3.05, 3.63) is 101 Å². The quantitative estimate of drug-likeness (QED) is 0.481. The lowest BCUT2D eigenvalue weighted by Crippen LogP contribution is -2.29. The molecule has 0 spiro atoms. The summed E-state index contributed by atoms with van der Waals surface area (Å²) in [5.41, 5.74) is 2.79. The Morgan fingerprint density at radius 1 is 0.938 bits per heavy atom. The van der Waals surface area contributed by atoms with Gasteiger partial charge in [0, 0.05) is 17.5 Å². The van der Waals surface area contributed by atoms with Gasteiger partial charge in [-0.2, -0.15) is 0 Å². The van der Waals surface area contributed by atoms with E-state index in [0.29, 0.717) is 11.4 Å². The first kappa shape index (κ1) is 22.5. The first-order valence-corrected chi connectivity index (χ1v) is 12.5. The Morgan fingerprint density at radius 3 is 2.28 bits per heavy atom. The fourth-order valence-corrected chi connectivity index (χ4v) is 5.01. The summed E-state index contributed by atoms with van der Waals surface area (Å²) in [4.78, 5) is 13.0. The number of nitrogens with one attached hydrogen (secondary N) is 2. The Labute approximate surface area is 193 Å². The van der Waals surface area contributed by atoms with Crippen molar-refractivity contribution in [3.8, 4) is 0 Å². The van der Waals surface area contributed by atoms with Gasteiger partial charge < -0.3 is 5.32 Å². The lowest BCUT2D eigenvalue weighted by molar-refractivity contribution is -0.121. The van der Waals surface area contributed by atoms with Crippen molar-refractivity contribution in [2.75, 3.05) is 0 Å². The molecule has 1 unspecified atom stereocenters. The molecule has 1 amide bonds. The molecule has 4 rings (SSSR count). The van der Waals surface area contributed by atoms with Crippen LogP contribution >= 0.6 is 11.6 Å². The Hall–Kier alpha value is -2.67. The Kier molecular flexibility index (Phi) is 6.94. The second kappa shape index (κ2) is 9.86. The molecule has 166 valence electrons. The number of benzene rings is 3. The van der Waals surface area contributed by atoms with Gasteiger partial charge in [0.2, 0.25) is 15.9 Å². The molecule has 0 heterocycles. The van der Waals surface area contributed by atoms with Crippen molar-refractivity contribution in [3.63, 3.8) is 0 Å². The molecule has 32 heavy (non-hydrogen) atoms. The number of carbonyl (C=O) groups is 1. The van der Waals surface area contributed by atoms with Crippen LogP contribution in [0.15, 0.2) is 83.8 Å². The maximum Gasteiger partial charge on any atom is 0.240 e. The Bertz CT molecular complexity index is 1180. The molecule has 1 aliphatic rings. The van der Waals surface area contributed by atoms with Gasteiger partial charge in [-0.15, -0.1) is 0 Å². The molecule has 0 aromatic heterocycles. The second-order valence-electron chi connectivity index (χ2n) is 8.01. The van der Waals surface area contributed by atoms with Crippen LogP contribution in [0.5, 0.6) is 0 Å². The highest BCUT2D eigenvalue weighted by atomic mass is 35.5. The summed E-state index contributed by atoms with van der Waals surface area (Å²) < 4.78 is 27.3. The fourth-order valence-electron chi connectivity index (χ4n) is 3.51. The molecule has 5 nitrogen and oxygen atoms in total. The summed E-state index contributed by atoms with van der Waals surface area (Å²) in [5.74, 6) is -0.0917. The van der Waals surface area contributed by atoms with Gasteiger partial charge in [-0.05, 0) is 60.2 Å². The predicted octanol–water partition coefficient (Wildman–Crippen LogP) is 4.62. The van der Waals surface area contributed by atoms with Crippen molar-refractivity contribution in [1.29, 1.82) is 0 Å². The van der Waals surface area contributed by atoms with E-state index in [1.807, 2.05) is 48.5 Å². The van der Waals surface area contributed by atoms with E-state index >= 15 is 0 Å². The average molecular weight is 469 g/mol. The minimum Gasteiger partial charge on any atom is -0.345 e. The molecule has 0 aliphatic heterocycles. The lowest BCUT2D eigenvalue weighted by atomic mass is 9.98. The largest absolute Gasteiger partial charge is 0.345 e. The van der Waals surface area contributed by atoms with E-state index < -0.39 is 10.0 Å². The number of carbonyl (C=O) groups excluding carboxylic acids is 1. The van der Waals surface area contributed by atoms with Crippen LogP contribution in [0.1, 0.15) is 42.0 Å². The van der Waals surface area contributed by atoms with E-state index in [4.69, 9.17) is 11.6 Å². The molecular formula is C25H25ClN2O3S. The molecule has 0 saturated heterocycles. The number of rotatable bonds is 9. The highest BCUT2D eigenvalue weighted by Gasteiger charge is 2.27. The van der Waals surface area contributed by atoms with Gasteiger partial charge in [0.05, 0.1) is 10.9 Å². The second-order valence-corrected chi connectivity index (χ2v) is 10.2. The first-order valence-electron chi connectivity index (χ1n) is 10.6. The summed E-state index contributed by atoms with van der Waals surface area (Å²) in [6, 6.07) is 23.7. The summed E-state index contributed by atoms with van der Waals surface area (Å²) >= 11 is 6.17. The zero-order chi connectivity index (χ0) is 22.6. The van der Waals surface area contributed by atoms with Gasteiger partial charge in [-0.3, -0.25) is 4.79 Å². The van der Waals surface area contributed by atoms with Crippen molar-refractivity contribution < 1.29 is 13.2 Å². The topological polar surface area (TPSA) is 75.3 Å². The molecule has 1 saturated carbocycles. The molecule has 2 N–H and O–H groups in total. The van der Waals surface area contributed by atoms with Gasteiger partial charge in [0.25, 0.3) is 0 Å². The van der Waals surface area contributed by atoms with E-state index in [0.717, 1.165) is 29.5 Å². The van der Waals surface area contributed by atoms with Crippen molar-refractivity contribution in [1.82, 2.24) is 10.0 Å². The maximum absolute atomic E-state index is 12.8. The summed E-state index contributed by atoms with van der Waals surface area (Å²) in [7, 11) is -3.47. The average Bonchev–Trinajstić information content (AvgIpc) is 3.60. The van der Waals surface area contributed by atoms with Crippen LogP contribution in [0.2, 0.25) is 5.02 Å². The number of aryl methyl sites for hydroxylation is 1. The van der Waals surface area contributed by atoms with Crippen LogP contribution in [0.4, 0.5) is 0 Å². The third-order valence-corrected chi connectivity index (χ3v) is 7.17. The minimum atomic E-state index is -3.47. The monoisotopic (exact) mass is 468 g/mol. The summed E-state index contributed by atoms with van der Waals surface area (Å²) in [5, 5.41) is 3.72. The number of hydrogen-bond donors (Lipinski definition) is 2. The van der Waals surface area contributed by atoms with Gasteiger partial charge >= 0.3 is 0 Å². The number of amides is 1. The Morgan fingerprint density at radius 2 is 1.62 bits per heavy atom. The van der Waals surface area contributed by atoms with E-state index in [2.05, 4.69) is 10.0 Å². The fraction of sp³-hybridized carbons (Fsp3) is 0.240. The predicted molar refractivity (Wildman–Crippen MR) is 126 cm³/mol. The maximum atomic E-state index is 12.8. The molecule has 1 fully saturated rings. The smallest absolute Gasteiger partial charge is 0.240 e. The van der Waals surface area contributed by atoms with Crippen LogP contribution in [0.3, 0.4) is 0 Å². The van der Waals surface area contributed by atoms with Gasteiger partial charge in [-0.1, -0.05) is 66.2 Å². The molecule has 1 aliphatic carbocycles. The van der Waals surface area contributed by atoms with Crippen LogP contribution in [-0.2, 0) is 21.2 Å². The Balaban J connectivity index is 1.40. The van der Waals surface area contributed by atoms with E-state index in [9.17, 15) is 13.2 Å². The van der Waals surface area contributed by atoms with Crippen LogP contribution in [0, 0.1) is 0 Å². The van der Waals surface area contributed by atoms with Crippen molar-refractivity contribution in [2.45, 2.75) is 42.7 Å². The standard InChI is InChI=1S/C25H25ClN2O3S/c26-21-8-4-7-20(17-21)25(19-5-2-1-3-6-19)27-24(29)16-11-18-9-14-23(15-10-18)32(30,31)28-22-12-13-22/h1-10,14-15,17,22,25,28H,11-13,16H2,(H,27,29). The summed E-state index contributed by atoms with van der Waals surface area (Å²) in [6.45, 7) is 0. The van der Waals surface area contributed by atoms with Gasteiger partial charge in [0.15, 0.2) is 0 Å². The van der Waals surface area contributed by atoms with Crippen LogP contribution in [0.25, 0.3) is 0 Å². The lowest BCUT2D eigenvalue weighted by Gasteiger charge is -2.20. The van der Waals surface area contributed by atoms with E-state index in [-0.39, 0.29) is 29.3 Å². The van der Waals surface area contributed by atoms with Gasteiger partial charge in [-0.25, -0.2) is 13.1 Å². The molecule has 7 heteroatoms. The molecular weight excluding hydrogens is 444 g/mol. The van der Waals surface area contributed by atoms with Crippen molar-refractivity contribution >= 4 is 27.5 Å². The normalized spacial score (nSPS) is 14.7. The molecule has 3 aromatic rings. The third kappa shape index (κ3) is 5.97. The van der Waals surface area contributed by atoms with E-state index in [1.54, 1.807) is 30.3 Å².